The summed E-state index contributed by atoms with van der Waals surface area (Å²) in [5.74, 6) is 0.897. The van der Waals surface area contributed by atoms with Gasteiger partial charge in [-0.3, -0.25) is 4.79 Å². The predicted molar refractivity (Wildman–Crippen MR) is 82.6 cm³/mol. The number of hydrogen-bond donors (Lipinski definition) is 0. The Morgan fingerprint density at radius 2 is 2.22 bits per heavy atom. The summed E-state index contributed by atoms with van der Waals surface area (Å²) in [6.45, 7) is 2.02. The molecule has 2 nitrogen and oxygen atoms in total. The van der Waals surface area contributed by atoms with Crippen molar-refractivity contribution in [3.05, 3.63) is 39.5 Å². The van der Waals surface area contributed by atoms with Crippen molar-refractivity contribution in [2.24, 2.45) is 4.99 Å². The second-order valence-electron chi connectivity index (χ2n) is 3.40. The fourth-order valence-electron chi connectivity index (χ4n) is 1.34. The fraction of sp³-hybridized carbons (Fsp3) is 0.167. The van der Waals surface area contributed by atoms with Crippen LogP contribution in [0.1, 0.15) is 12.5 Å². The lowest BCUT2D eigenvalue weighted by Crippen LogP contribution is -1.88. The van der Waals surface area contributed by atoms with Gasteiger partial charge in [0.15, 0.2) is 0 Å². The van der Waals surface area contributed by atoms with Gasteiger partial charge in [-0.25, -0.2) is 4.99 Å². The molecule has 1 aromatic rings. The van der Waals surface area contributed by atoms with Crippen LogP contribution in [0, 0.1) is 0 Å². The first-order chi connectivity index (χ1) is 8.60. The van der Waals surface area contributed by atoms with Gasteiger partial charge in [0, 0.05) is 10.0 Å². The second-order valence-corrected chi connectivity index (χ2v) is 6.71. The van der Waals surface area contributed by atoms with Gasteiger partial charge in [-0.1, -0.05) is 48.0 Å². The maximum absolute atomic E-state index is 11.7. The molecule has 0 N–H and O–H groups in total. The van der Waals surface area contributed by atoms with Gasteiger partial charge >= 0.3 is 0 Å². The summed E-state index contributed by atoms with van der Waals surface area (Å²) in [7, 11) is 0. The number of carbonyl (C=O) groups is 1. The molecule has 1 aromatic carbocycles. The normalized spacial score (nSPS) is 17.4. The van der Waals surface area contributed by atoms with Gasteiger partial charge in [0.25, 0.3) is 0 Å². The maximum Gasteiger partial charge on any atom is 0.244 e. The second kappa shape index (κ2) is 6.15. The molecule has 18 heavy (non-hydrogen) atoms. The molecule has 0 amide bonds. The number of halogens is 2. The fourth-order valence-corrected chi connectivity index (χ4v) is 3.54. The number of thioether (sulfide) groups is 2. The van der Waals surface area contributed by atoms with Gasteiger partial charge in [-0.15, -0.1) is 0 Å². The third kappa shape index (κ3) is 3.32. The summed E-state index contributed by atoms with van der Waals surface area (Å²) >= 11 is 14.6. The van der Waals surface area contributed by atoms with Crippen LogP contribution >= 0.6 is 46.7 Å². The maximum atomic E-state index is 11.7. The van der Waals surface area contributed by atoms with Crippen molar-refractivity contribution in [3.8, 4) is 0 Å². The Bertz CT molecular complexity index is 555. The SMILES string of the molecule is CCSC1=N/C(=C/c2ccc(Cl)cc2Cl)C(=O)S1. The minimum Gasteiger partial charge on any atom is -0.279 e. The van der Waals surface area contributed by atoms with E-state index in [-0.39, 0.29) is 5.12 Å². The van der Waals surface area contributed by atoms with E-state index < -0.39 is 0 Å². The third-order valence-electron chi connectivity index (χ3n) is 2.12. The smallest absolute Gasteiger partial charge is 0.244 e. The molecule has 0 fully saturated rings. The van der Waals surface area contributed by atoms with Crippen molar-refractivity contribution in [2.45, 2.75) is 6.92 Å². The number of rotatable bonds is 2. The van der Waals surface area contributed by atoms with Crippen LogP contribution in [0.25, 0.3) is 6.08 Å². The Morgan fingerprint density at radius 1 is 1.44 bits per heavy atom. The van der Waals surface area contributed by atoms with Crippen molar-refractivity contribution in [2.75, 3.05) is 5.75 Å². The molecular formula is C12H9Cl2NOS2. The molecular weight excluding hydrogens is 309 g/mol. The van der Waals surface area contributed by atoms with Gasteiger partial charge in [0.2, 0.25) is 5.12 Å². The Balaban J connectivity index is 2.30. The molecule has 0 aromatic heterocycles. The largest absolute Gasteiger partial charge is 0.279 e. The van der Waals surface area contributed by atoms with Crippen molar-refractivity contribution < 1.29 is 4.79 Å². The van der Waals surface area contributed by atoms with E-state index >= 15 is 0 Å². The molecule has 0 radical (unpaired) electrons. The van der Waals surface area contributed by atoms with Gasteiger partial charge in [-0.05, 0) is 41.3 Å². The molecule has 0 saturated heterocycles. The zero-order valence-electron chi connectivity index (χ0n) is 9.44. The lowest BCUT2D eigenvalue weighted by atomic mass is 10.2. The van der Waals surface area contributed by atoms with E-state index in [9.17, 15) is 4.79 Å². The van der Waals surface area contributed by atoms with E-state index in [4.69, 9.17) is 23.2 Å². The van der Waals surface area contributed by atoms with Crippen molar-refractivity contribution in [1.29, 1.82) is 0 Å². The molecule has 1 heterocycles. The minimum absolute atomic E-state index is 0.0445. The number of hydrogen-bond acceptors (Lipinski definition) is 4. The molecule has 94 valence electrons. The highest BCUT2D eigenvalue weighted by atomic mass is 35.5. The molecule has 6 heteroatoms. The Labute approximate surface area is 124 Å². The number of nitrogens with zero attached hydrogens (tertiary/aromatic N) is 1. The monoisotopic (exact) mass is 317 g/mol. The van der Waals surface area contributed by atoms with E-state index in [1.807, 2.05) is 6.92 Å². The van der Waals surface area contributed by atoms with E-state index in [1.54, 1.807) is 36.0 Å². The summed E-state index contributed by atoms with van der Waals surface area (Å²) < 4.78 is 0.791. The summed E-state index contributed by atoms with van der Waals surface area (Å²) in [6.07, 6.45) is 1.69. The van der Waals surface area contributed by atoms with Crippen molar-refractivity contribution in [3.63, 3.8) is 0 Å². The molecule has 2 rings (SSSR count). The molecule has 1 aliphatic heterocycles. The highest BCUT2D eigenvalue weighted by Gasteiger charge is 2.22. The van der Waals surface area contributed by atoms with Crippen molar-refractivity contribution in [1.82, 2.24) is 0 Å². The van der Waals surface area contributed by atoms with E-state index in [1.165, 1.54) is 0 Å². The van der Waals surface area contributed by atoms with E-state index in [0.29, 0.717) is 15.7 Å². The van der Waals surface area contributed by atoms with Gasteiger partial charge < -0.3 is 0 Å². The Hall–Kier alpha value is -0.420. The number of carbonyl (C=O) groups excluding carboxylic acids is 1. The quantitative estimate of drug-likeness (QED) is 0.739. The summed E-state index contributed by atoms with van der Waals surface area (Å²) in [4.78, 5) is 16.0. The zero-order valence-corrected chi connectivity index (χ0v) is 12.6. The predicted octanol–water partition coefficient (Wildman–Crippen LogP) is 4.72. The van der Waals surface area contributed by atoms with Crippen LogP contribution < -0.4 is 0 Å². The standard InChI is InChI=1S/C12H9Cl2NOS2/c1-2-17-12-15-10(11(16)18-12)5-7-3-4-8(13)6-9(7)14/h3-6H,2H2,1H3/b10-5+. The molecule has 1 aliphatic rings. The van der Waals surface area contributed by atoms with Crippen LogP contribution in [0.4, 0.5) is 0 Å². The Morgan fingerprint density at radius 3 is 2.89 bits per heavy atom. The molecule has 0 unspecified atom stereocenters. The average Bonchev–Trinajstić information content (AvgIpc) is 2.64. The molecule has 0 spiro atoms. The molecule has 0 aliphatic carbocycles. The molecule has 0 atom stereocenters. The summed E-state index contributed by atoms with van der Waals surface area (Å²) in [5.41, 5.74) is 1.18. The van der Waals surface area contributed by atoms with Crippen LogP contribution in [0.5, 0.6) is 0 Å². The van der Waals surface area contributed by atoms with Crippen LogP contribution in [0.3, 0.4) is 0 Å². The summed E-state index contributed by atoms with van der Waals surface area (Å²) in [6, 6.07) is 5.15. The lowest BCUT2D eigenvalue weighted by Gasteiger charge is -1.99. The van der Waals surface area contributed by atoms with Gasteiger partial charge in [-0.2, -0.15) is 0 Å². The van der Waals surface area contributed by atoms with Crippen molar-refractivity contribution >= 4 is 62.3 Å². The number of aliphatic imine (C=N–C) groups is 1. The first-order valence-electron chi connectivity index (χ1n) is 5.20. The van der Waals surface area contributed by atoms with Crippen LogP contribution in [0.2, 0.25) is 10.0 Å². The highest BCUT2D eigenvalue weighted by Crippen LogP contribution is 2.32. The van der Waals surface area contributed by atoms with Crippen LogP contribution in [-0.4, -0.2) is 15.2 Å². The van der Waals surface area contributed by atoms with Gasteiger partial charge in [0.05, 0.1) is 0 Å². The summed E-state index contributed by atoms with van der Waals surface area (Å²) in [5, 5.41) is 1.04. The highest BCUT2D eigenvalue weighted by molar-refractivity contribution is 8.45. The molecule has 0 saturated carbocycles. The first kappa shape index (κ1) is 14.0. The average molecular weight is 318 g/mol. The van der Waals surface area contributed by atoms with Crippen LogP contribution in [0.15, 0.2) is 28.9 Å². The van der Waals surface area contributed by atoms with E-state index in [0.717, 1.165) is 27.5 Å². The Kier molecular flexibility index (Phi) is 4.78. The van der Waals surface area contributed by atoms with E-state index in [2.05, 4.69) is 4.99 Å². The molecule has 0 bridgehead atoms. The topological polar surface area (TPSA) is 29.4 Å². The zero-order chi connectivity index (χ0) is 13.1. The lowest BCUT2D eigenvalue weighted by molar-refractivity contribution is -0.107. The first-order valence-corrected chi connectivity index (χ1v) is 7.76. The van der Waals surface area contributed by atoms with Gasteiger partial charge in [0.1, 0.15) is 10.1 Å². The third-order valence-corrected chi connectivity index (χ3v) is 4.58. The van der Waals surface area contributed by atoms with Crippen LogP contribution in [-0.2, 0) is 4.79 Å². The number of benzene rings is 1. The minimum atomic E-state index is -0.0445.